The predicted octanol–water partition coefficient (Wildman–Crippen LogP) is 3.10. The van der Waals surface area contributed by atoms with Crippen LogP contribution >= 0.6 is 27.3 Å². The molecule has 5 heteroatoms. The molecule has 1 aromatic rings. The van der Waals surface area contributed by atoms with Crippen molar-refractivity contribution < 1.29 is 9.47 Å². The van der Waals surface area contributed by atoms with Crippen LogP contribution in [0.4, 0.5) is 0 Å². The molecule has 1 fully saturated rings. The second kappa shape index (κ2) is 5.80. The second-order valence-electron chi connectivity index (χ2n) is 4.22. The van der Waals surface area contributed by atoms with E-state index in [2.05, 4.69) is 21.3 Å². The standard InChI is InChI=1S/C12H18BrNO2S/c1-2-16-12(4-6-15-7-5-12)11(14)10-9(13)3-8-17-10/h3,8,11H,2,4-7,14H2,1H3. The molecular weight excluding hydrogens is 302 g/mol. The van der Waals surface area contributed by atoms with E-state index in [0.29, 0.717) is 6.61 Å². The van der Waals surface area contributed by atoms with E-state index in [1.54, 1.807) is 11.3 Å². The maximum absolute atomic E-state index is 6.44. The van der Waals surface area contributed by atoms with Gasteiger partial charge in [0.15, 0.2) is 0 Å². The summed E-state index contributed by atoms with van der Waals surface area (Å²) in [7, 11) is 0. The zero-order chi connectivity index (χ0) is 12.3. The molecule has 0 spiro atoms. The van der Waals surface area contributed by atoms with Crippen LogP contribution in [0, 0.1) is 0 Å². The molecule has 0 saturated carbocycles. The van der Waals surface area contributed by atoms with Crippen molar-refractivity contribution >= 4 is 27.3 Å². The summed E-state index contributed by atoms with van der Waals surface area (Å²) in [6.45, 7) is 4.18. The topological polar surface area (TPSA) is 44.5 Å². The Hall–Kier alpha value is 0.0600. The van der Waals surface area contributed by atoms with Gasteiger partial charge in [-0.05, 0) is 34.3 Å². The monoisotopic (exact) mass is 319 g/mol. The zero-order valence-corrected chi connectivity index (χ0v) is 12.4. The molecule has 0 aliphatic carbocycles. The van der Waals surface area contributed by atoms with E-state index in [-0.39, 0.29) is 11.6 Å². The minimum atomic E-state index is -0.264. The summed E-state index contributed by atoms with van der Waals surface area (Å²) < 4.78 is 12.5. The van der Waals surface area contributed by atoms with Crippen LogP contribution in [0.5, 0.6) is 0 Å². The van der Waals surface area contributed by atoms with Gasteiger partial charge in [-0.1, -0.05) is 0 Å². The van der Waals surface area contributed by atoms with E-state index in [4.69, 9.17) is 15.2 Å². The van der Waals surface area contributed by atoms with Crippen LogP contribution in [0.15, 0.2) is 15.9 Å². The molecule has 1 aliphatic rings. The Morgan fingerprint density at radius 3 is 2.82 bits per heavy atom. The van der Waals surface area contributed by atoms with Gasteiger partial charge < -0.3 is 15.2 Å². The van der Waals surface area contributed by atoms with Crippen molar-refractivity contribution in [3.05, 3.63) is 20.8 Å². The fourth-order valence-electron chi connectivity index (χ4n) is 2.32. The summed E-state index contributed by atoms with van der Waals surface area (Å²) in [6, 6.07) is 1.96. The fraction of sp³-hybridized carbons (Fsp3) is 0.667. The smallest absolute Gasteiger partial charge is 0.0926 e. The molecule has 1 atom stereocenters. The van der Waals surface area contributed by atoms with Gasteiger partial charge >= 0.3 is 0 Å². The Balaban J connectivity index is 2.23. The Morgan fingerprint density at radius 1 is 1.59 bits per heavy atom. The van der Waals surface area contributed by atoms with Gasteiger partial charge in [0.25, 0.3) is 0 Å². The van der Waals surface area contributed by atoms with E-state index < -0.39 is 0 Å². The van der Waals surface area contributed by atoms with Gasteiger partial charge in [0.2, 0.25) is 0 Å². The molecule has 0 bridgehead atoms. The summed E-state index contributed by atoms with van der Waals surface area (Å²) in [5, 5.41) is 2.05. The Kier molecular flexibility index (Phi) is 4.60. The van der Waals surface area contributed by atoms with Crippen molar-refractivity contribution in [1.82, 2.24) is 0 Å². The summed E-state index contributed by atoms with van der Waals surface area (Å²) in [5.74, 6) is 0. The van der Waals surface area contributed by atoms with Crippen molar-refractivity contribution in [2.45, 2.75) is 31.4 Å². The van der Waals surface area contributed by atoms with Crippen molar-refractivity contribution in [1.29, 1.82) is 0 Å². The molecule has 0 radical (unpaired) electrons. The zero-order valence-electron chi connectivity index (χ0n) is 9.95. The number of rotatable bonds is 4. The molecule has 1 aromatic heterocycles. The van der Waals surface area contributed by atoms with Gasteiger partial charge in [0.1, 0.15) is 0 Å². The minimum absolute atomic E-state index is 0.0827. The lowest BCUT2D eigenvalue weighted by atomic mass is 9.85. The highest BCUT2D eigenvalue weighted by atomic mass is 79.9. The molecule has 1 unspecified atom stereocenters. The molecule has 1 aliphatic heterocycles. The van der Waals surface area contributed by atoms with Crippen LogP contribution in [0.1, 0.15) is 30.7 Å². The number of nitrogens with two attached hydrogens (primary N) is 1. The molecule has 1 saturated heterocycles. The van der Waals surface area contributed by atoms with E-state index >= 15 is 0 Å². The van der Waals surface area contributed by atoms with Crippen LogP contribution in [-0.4, -0.2) is 25.4 Å². The van der Waals surface area contributed by atoms with E-state index in [0.717, 1.165) is 30.5 Å². The van der Waals surface area contributed by atoms with E-state index in [1.807, 2.05) is 13.0 Å². The molecule has 0 aromatic carbocycles. The predicted molar refractivity (Wildman–Crippen MR) is 73.4 cm³/mol. The largest absolute Gasteiger partial charge is 0.381 e. The first-order valence-corrected chi connectivity index (χ1v) is 7.57. The van der Waals surface area contributed by atoms with Crippen molar-refractivity contribution in [2.75, 3.05) is 19.8 Å². The van der Waals surface area contributed by atoms with Crippen LogP contribution < -0.4 is 5.73 Å². The van der Waals surface area contributed by atoms with Crippen LogP contribution in [0.25, 0.3) is 0 Å². The van der Waals surface area contributed by atoms with Gasteiger partial charge in [-0.25, -0.2) is 0 Å². The molecule has 2 N–H and O–H groups in total. The Bertz CT molecular complexity index is 358. The second-order valence-corrected chi connectivity index (χ2v) is 6.02. The fourth-order valence-corrected chi connectivity index (χ4v) is 4.04. The third-order valence-electron chi connectivity index (χ3n) is 3.26. The number of ether oxygens (including phenoxy) is 2. The minimum Gasteiger partial charge on any atom is -0.381 e. The van der Waals surface area contributed by atoms with Gasteiger partial charge in [0.05, 0.1) is 11.6 Å². The maximum Gasteiger partial charge on any atom is 0.0926 e. The SMILES string of the molecule is CCOC1(C(N)c2sccc2Br)CCOCC1. The lowest BCUT2D eigenvalue weighted by Gasteiger charge is -2.41. The highest BCUT2D eigenvalue weighted by molar-refractivity contribution is 9.10. The lowest BCUT2D eigenvalue weighted by molar-refractivity contribution is -0.121. The third-order valence-corrected chi connectivity index (χ3v) is 5.22. The van der Waals surface area contributed by atoms with E-state index in [1.165, 1.54) is 4.88 Å². The summed E-state index contributed by atoms with van der Waals surface area (Å²) in [4.78, 5) is 1.17. The van der Waals surface area contributed by atoms with Crippen LogP contribution in [-0.2, 0) is 9.47 Å². The molecular formula is C12H18BrNO2S. The normalized spacial score (nSPS) is 21.4. The first kappa shape index (κ1) is 13.5. The quantitative estimate of drug-likeness (QED) is 0.927. The summed E-state index contributed by atoms with van der Waals surface area (Å²) >= 11 is 5.24. The molecule has 2 rings (SSSR count). The van der Waals surface area contributed by atoms with Gasteiger partial charge in [-0.2, -0.15) is 0 Å². The molecule has 2 heterocycles. The van der Waals surface area contributed by atoms with Crippen LogP contribution in [0.3, 0.4) is 0 Å². The lowest BCUT2D eigenvalue weighted by Crippen LogP contribution is -2.47. The maximum atomic E-state index is 6.44. The highest BCUT2D eigenvalue weighted by Crippen LogP contribution is 2.40. The van der Waals surface area contributed by atoms with Crippen LogP contribution in [0.2, 0.25) is 0 Å². The number of hydrogen-bond donors (Lipinski definition) is 1. The first-order chi connectivity index (χ1) is 8.19. The van der Waals surface area contributed by atoms with Gasteiger partial charge in [0, 0.05) is 42.0 Å². The van der Waals surface area contributed by atoms with Crippen molar-refractivity contribution in [3.63, 3.8) is 0 Å². The van der Waals surface area contributed by atoms with Gasteiger partial charge in [-0.15, -0.1) is 11.3 Å². The average Bonchev–Trinajstić information content (AvgIpc) is 2.76. The molecule has 0 amide bonds. The van der Waals surface area contributed by atoms with Gasteiger partial charge in [-0.3, -0.25) is 0 Å². The summed E-state index contributed by atoms with van der Waals surface area (Å²) in [5.41, 5.74) is 6.17. The Labute approximate surface area is 114 Å². The molecule has 3 nitrogen and oxygen atoms in total. The van der Waals surface area contributed by atoms with Crippen molar-refractivity contribution in [3.8, 4) is 0 Å². The molecule has 17 heavy (non-hydrogen) atoms. The highest BCUT2D eigenvalue weighted by Gasteiger charge is 2.41. The molecule has 96 valence electrons. The third kappa shape index (κ3) is 2.74. The number of hydrogen-bond acceptors (Lipinski definition) is 4. The Morgan fingerprint density at radius 2 is 2.29 bits per heavy atom. The number of halogens is 1. The average molecular weight is 320 g/mol. The summed E-state index contributed by atoms with van der Waals surface area (Å²) in [6.07, 6.45) is 1.73. The van der Waals surface area contributed by atoms with Crippen molar-refractivity contribution in [2.24, 2.45) is 5.73 Å². The number of thiophene rings is 1. The first-order valence-electron chi connectivity index (χ1n) is 5.90. The van der Waals surface area contributed by atoms with E-state index in [9.17, 15) is 0 Å².